The molecular weight excluding hydrogens is 360 g/mol. The second-order valence-corrected chi connectivity index (χ2v) is 6.80. The minimum atomic E-state index is -0.199. The Morgan fingerprint density at radius 2 is 2.07 bits per heavy atom. The van der Waals surface area contributed by atoms with Crippen molar-refractivity contribution in [3.05, 3.63) is 45.4 Å². The van der Waals surface area contributed by atoms with Crippen LogP contribution in [-0.4, -0.2) is 49.3 Å². The maximum absolute atomic E-state index is 12.5. The van der Waals surface area contributed by atoms with Crippen LogP contribution in [-0.2, 0) is 16.0 Å². The molecule has 0 saturated carbocycles. The number of carbonyl (C=O) groups is 1. The van der Waals surface area contributed by atoms with Gasteiger partial charge in [-0.25, -0.2) is 4.98 Å². The van der Waals surface area contributed by atoms with Gasteiger partial charge >= 0.3 is 0 Å². The molecule has 28 heavy (non-hydrogen) atoms. The standard InChI is InChI=1S/C20H26N4O4/c1-13-4-6-17(27-3)16(12-13)22-18(25)7-5-15-14(2)21-20(23-19(15)26)24-8-10-28-11-9-24/h4,6,12H,5,7-11H2,1-3H3,(H,22,25)(H,21,23,26). The van der Waals surface area contributed by atoms with E-state index in [4.69, 9.17) is 9.47 Å². The summed E-state index contributed by atoms with van der Waals surface area (Å²) in [5.74, 6) is 0.980. The minimum Gasteiger partial charge on any atom is -0.495 e. The topological polar surface area (TPSA) is 96.5 Å². The van der Waals surface area contributed by atoms with E-state index in [1.54, 1.807) is 14.0 Å². The number of carbonyl (C=O) groups excluding carboxylic acids is 1. The number of nitrogens with zero attached hydrogens (tertiary/aromatic N) is 2. The third kappa shape index (κ3) is 4.69. The summed E-state index contributed by atoms with van der Waals surface area (Å²) >= 11 is 0. The third-order valence-corrected chi connectivity index (χ3v) is 4.75. The Hall–Kier alpha value is -2.87. The fourth-order valence-electron chi connectivity index (χ4n) is 3.19. The molecule has 1 aromatic carbocycles. The van der Waals surface area contributed by atoms with Crippen molar-refractivity contribution >= 4 is 17.5 Å². The number of anilines is 2. The largest absolute Gasteiger partial charge is 0.495 e. The number of ether oxygens (including phenoxy) is 2. The summed E-state index contributed by atoms with van der Waals surface area (Å²) in [6.45, 7) is 6.38. The van der Waals surface area contributed by atoms with Gasteiger partial charge in [0.2, 0.25) is 11.9 Å². The first-order valence-electron chi connectivity index (χ1n) is 9.35. The van der Waals surface area contributed by atoms with Gasteiger partial charge in [-0.2, -0.15) is 0 Å². The Morgan fingerprint density at radius 3 is 2.75 bits per heavy atom. The molecule has 0 atom stereocenters. The van der Waals surface area contributed by atoms with E-state index >= 15 is 0 Å². The summed E-state index contributed by atoms with van der Waals surface area (Å²) in [6.07, 6.45) is 0.497. The molecule has 2 aromatic rings. The van der Waals surface area contributed by atoms with Gasteiger partial charge in [0.25, 0.3) is 5.56 Å². The van der Waals surface area contributed by atoms with Crippen molar-refractivity contribution in [1.82, 2.24) is 9.97 Å². The number of aromatic amines is 1. The number of methoxy groups -OCH3 is 1. The zero-order valence-electron chi connectivity index (χ0n) is 16.5. The zero-order chi connectivity index (χ0) is 20.1. The van der Waals surface area contributed by atoms with Crippen molar-refractivity contribution in [2.45, 2.75) is 26.7 Å². The quantitative estimate of drug-likeness (QED) is 0.786. The predicted molar refractivity (Wildman–Crippen MR) is 107 cm³/mol. The first kappa shape index (κ1) is 19.9. The van der Waals surface area contributed by atoms with Crippen LogP contribution < -0.4 is 20.5 Å². The van der Waals surface area contributed by atoms with Gasteiger partial charge < -0.3 is 19.7 Å². The highest BCUT2D eigenvalue weighted by molar-refractivity contribution is 5.92. The monoisotopic (exact) mass is 386 g/mol. The first-order chi connectivity index (χ1) is 13.5. The lowest BCUT2D eigenvalue weighted by Gasteiger charge is -2.27. The number of rotatable bonds is 6. The van der Waals surface area contributed by atoms with E-state index < -0.39 is 0 Å². The maximum atomic E-state index is 12.5. The second-order valence-electron chi connectivity index (χ2n) is 6.80. The van der Waals surface area contributed by atoms with E-state index in [0.717, 1.165) is 5.56 Å². The summed E-state index contributed by atoms with van der Waals surface area (Å²) in [5.41, 5.74) is 2.62. The molecule has 1 amide bonds. The summed E-state index contributed by atoms with van der Waals surface area (Å²) in [4.78, 5) is 34.3. The highest BCUT2D eigenvalue weighted by atomic mass is 16.5. The number of benzene rings is 1. The SMILES string of the molecule is COc1ccc(C)cc1NC(=O)CCc1c(C)nc(N2CCOCC2)[nH]c1=O. The third-order valence-electron chi connectivity index (χ3n) is 4.75. The summed E-state index contributed by atoms with van der Waals surface area (Å²) < 4.78 is 10.6. The van der Waals surface area contributed by atoms with Gasteiger partial charge in [0.1, 0.15) is 5.75 Å². The molecule has 0 bridgehead atoms. The van der Waals surface area contributed by atoms with Gasteiger partial charge in [-0.3, -0.25) is 14.6 Å². The number of aryl methyl sites for hydroxylation is 2. The molecular formula is C20H26N4O4. The van der Waals surface area contributed by atoms with E-state index in [1.165, 1.54) is 0 Å². The number of hydrogen-bond acceptors (Lipinski definition) is 6. The second kappa shape index (κ2) is 8.88. The molecule has 0 aliphatic carbocycles. The van der Waals surface area contributed by atoms with Gasteiger partial charge in [0.15, 0.2) is 0 Å². The van der Waals surface area contributed by atoms with Gasteiger partial charge in [-0.15, -0.1) is 0 Å². The fraction of sp³-hybridized carbons (Fsp3) is 0.450. The molecule has 2 heterocycles. The summed E-state index contributed by atoms with van der Waals surface area (Å²) in [7, 11) is 1.56. The Kier molecular flexibility index (Phi) is 6.30. The molecule has 1 saturated heterocycles. The van der Waals surface area contributed by atoms with Gasteiger partial charge in [0.05, 0.1) is 26.0 Å². The van der Waals surface area contributed by atoms with Crippen molar-refractivity contribution in [2.24, 2.45) is 0 Å². The number of H-pyrrole nitrogens is 1. The number of aromatic nitrogens is 2. The molecule has 0 radical (unpaired) electrons. The molecule has 1 aliphatic heterocycles. The molecule has 8 heteroatoms. The number of hydrogen-bond donors (Lipinski definition) is 2. The molecule has 1 aromatic heterocycles. The van der Waals surface area contributed by atoms with Crippen molar-refractivity contribution in [1.29, 1.82) is 0 Å². The Bertz CT molecular complexity index is 904. The lowest BCUT2D eigenvalue weighted by atomic mass is 10.1. The predicted octanol–water partition coefficient (Wildman–Crippen LogP) is 1.80. The van der Waals surface area contributed by atoms with Crippen molar-refractivity contribution in [3.8, 4) is 5.75 Å². The molecule has 1 aliphatic rings. The maximum Gasteiger partial charge on any atom is 0.255 e. The van der Waals surface area contributed by atoms with Crippen LogP contribution in [0.4, 0.5) is 11.6 Å². The smallest absolute Gasteiger partial charge is 0.255 e. The van der Waals surface area contributed by atoms with Crippen LogP contribution in [0.15, 0.2) is 23.0 Å². The number of morpholine rings is 1. The van der Waals surface area contributed by atoms with E-state index in [9.17, 15) is 9.59 Å². The summed E-state index contributed by atoms with van der Waals surface area (Å²) in [6, 6.07) is 5.58. The number of amides is 1. The minimum absolute atomic E-state index is 0.180. The van der Waals surface area contributed by atoms with Crippen LogP contribution in [0.2, 0.25) is 0 Å². The lowest BCUT2D eigenvalue weighted by molar-refractivity contribution is -0.116. The van der Waals surface area contributed by atoms with E-state index in [0.29, 0.717) is 61.4 Å². The van der Waals surface area contributed by atoms with Crippen LogP contribution in [0.25, 0.3) is 0 Å². The normalized spacial score (nSPS) is 14.0. The molecule has 2 N–H and O–H groups in total. The van der Waals surface area contributed by atoms with Crippen molar-refractivity contribution < 1.29 is 14.3 Å². The average molecular weight is 386 g/mol. The molecule has 0 spiro atoms. The van der Waals surface area contributed by atoms with Crippen LogP contribution in [0.1, 0.15) is 23.2 Å². The van der Waals surface area contributed by atoms with Gasteiger partial charge in [0, 0.05) is 30.8 Å². The molecule has 0 unspecified atom stereocenters. The fourth-order valence-corrected chi connectivity index (χ4v) is 3.19. The highest BCUT2D eigenvalue weighted by Crippen LogP contribution is 2.25. The molecule has 8 nitrogen and oxygen atoms in total. The first-order valence-corrected chi connectivity index (χ1v) is 9.35. The highest BCUT2D eigenvalue weighted by Gasteiger charge is 2.17. The Morgan fingerprint density at radius 1 is 1.32 bits per heavy atom. The van der Waals surface area contributed by atoms with Crippen molar-refractivity contribution in [2.75, 3.05) is 43.6 Å². The van der Waals surface area contributed by atoms with E-state index in [1.807, 2.05) is 30.0 Å². The van der Waals surface area contributed by atoms with E-state index in [2.05, 4.69) is 15.3 Å². The Labute approximate surface area is 163 Å². The van der Waals surface area contributed by atoms with Gasteiger partial charge in [-0.1, -0.05) is 6.07 Å². The van der Waals surface area contributed by atoms with Crippen LogP contribution in [0.5, 0.6) is 5.75 Å². The van der Waals surface area contributed by atoms with Crippen LogP contribution >= 0.6 is 0 Å². The Balaban J connectivity index is 1.66. The summed E-state index contributed by atoms with van der Waals surface area (Å²) in [5, 5.41) is 2.86. The molecule has 150 valence electrons. The lowest BCUT2D eigenvalue weighted by Crippen LogP contribution is -2.38. The zero-order valence-corrected chi connectivity index (χ0v) is 16.5. The molecule has 3 rings (SSSR count). The molecule has 1 fully saturated rings. The average Bonchev–Trinajstić information content (AvgIpc) is 2.68. The van der Waals surface area contributed by atoms with Crippen molar-refractivity contribution in [3.63, 3.8) is 0 Å². The van der Waals surface area contributed by atoms with E-state index in [-0.39, 0.29) is 17.9 Å². The van der Waals surface area contributed by atoms with Crippen LogP contribution in [0.3, 0.4) is 0 Å². The van der Waals surface area contributed by atoms with Gasteiger partial charge in [-0.05, 0) is 38.0 Å². The van der Waals surface area contributed by atoms with Crippen LogP contribution in [0, 0.1) is 13.8 Å². The number of nitrogens with one attached hydrogen (secondary N) is 2.